The van der Waals surface area contributed by atoms with Crippen LogP contribution in [0.4, 0.5) is 5.69 Å². The number of rotatable bonds is 2. The predicted molar refractivity (Wildman–Crippen MR) is 77.7 cm³/mol. The van der Waals surface area contributed by atoms with Crippen LogP contribution in [0.15, 0.2) is 24.3 Å². The highest BCUT2D eigenvalue weighted by molar-refractivity contribution is 7.80. The van der Waals surface area contributed by atoms with Crippen molar-refractivity contribution in [1.82, 2.24) is 5.32 Å². The lowest BCUT2D eigenvalue weighted by Gasteiger charge is -2.24. The molecule has 4 heteroatoms. The Morgan fingerprint density at radius 3 is 2.59 bits per heavy atom. The molecule has 2 N–H and O–H groups in total. The average Bonchev–Trinajstić information content (AvgIpc) is 2.33. The van der Waals surface area contributed by atoms with E-state index in [1.165, 1.54) is 32.1 Å². The van der Waals surface area contributed by atoms with E-state index in [-0.39, 0.29) is 0 Å². The number of hydrogen-bond acceptors (Lipinski definition) is 1. The zero-order valence-corrected chi connectivity index (χ0v) is 11.3. The van der Waals surface area contributed by atoms with Crippen LogP contribution in [-0.4, -0.2) is 11.2 Å². The molecular formula is C13H17ClN2S. The molecule has 0 aliphatic heterocycles. The maximum absolute atomic E-state index is 6.06. The third-order valence-electron chi connectivity index (χ3n) is 3.06. The molecule has 0 amide bonds. The van der Waals surface area contributed by atoms with Crippen LogP contribution in [0.3, 0.4) is 0 Å². The number of nitrogens with one attached hydrogen (secondary N) is 2. The molecule has 92 valence electrons. The van der Waals surface area contributed by atoms with Gasteiger partial charge in [0.05, 0.1) is 10.7 Å². The summed E-state index contributed by atoms with van der Waals surface area (Å²) < 4.78 is 0. The molecular weight excluding hydrogens is 252 g/mol. The Hall–Kier alpha value is -0.800. The van der Waals surface area contributed by atoms with Gasteiger partial charge < -0.3 is 10.6 Å². The molecule has 0 atom stereocenters. The van der Waals surface area contributed by atoms with Crippen molar-refractivity contribution >= 4 is 34.6 Å². The van der Waals surface area contributed by atoms with Gasteiger partial charge in [-0.2, -0.15) is 0 Å². The largest absolute Gasteiger partial charge is 0.360 e. The fourth-order valence-electron chi connectivity index (χ4n) is 2.15. The van der Waals surface area contributed by atoms with Gasteiger partial charge in [0.1, 0.15) is 0 Å². The van der Waals surface area contributed by atoms with Gasteiger partial charge in [0, 0.05) is 6.04 Å². The minimum atomic E-state index is 0.520. The topological polar surface area (TPSA) is 24.1 Å². The molecule has 17 heavy (non-hydrogen) atoms. The zero-order chi connectivity index (χ0) is 12.1. The van der Waals surface area contributed by atoms with Gasteiger partial charge in [-0.25, -0.2) is 0 Å². The Kier molecular flexibility index (Phi) is 4.63. The van der Waals surface area contributed by atoms with Crippen LogP contribution in [0.25, 0.3) is 0 Å². The maximum Gasteiger partial charge on any atom is 0.171 e. The lowest BCUT2D eigenvalue weighted by atomic mass is 9.96. The molecule has 1 aliphatic carbocycles. The SMILES string of the molecule is S=C(Nc1ccccc1Cl)NC1CCCCC1. The van der Waals surface area contributed by atoms with Gasteiger partial charge in [-0.3, -0.25) is 0 Å². The van der Waals surface area contributed by atoms with Gasteiger partial charge in [-0.1, -0.05) is 43.0 Å². The highest BCUT2D eigenvalue weighted by Crippen LogP contribution is 2.21. The van der Waals surface area contributed by atoms with E-state index in [0.717, 1.165) is 5.69 Å². The monoisotopic (exact) mass is 268 g/mol. The number of hydrogen-bond donors (Lipinski definition) is 2. The first-order valence-corrected chi connectivity index (χ1v) is 6.86. The zero-order valence-electron chi connectivity index (χ0n) is 9.71. The molecule has 0 radical (unpaired) electrons. The smallest absolute Gasteiger partial charge is 0.171 e. The highest BCUT2D eigenvalue weighted by atomic mass is 35.5. The summed E-state index contributed by atoms with van der Waals surface area (Å²) >= 11 is 11.4. The van der Waals surface area contributed by atoms with Crippen molar-refractivity contribution in [2.24, 2.45) is 0 Å². The van der Waals surface area contributed by atoms with Crippen molar-refractivity contribution in [3.63, 3.8) is 0 Å². The summed E-state index contributed by atoms with van der Waals surface area (Å²) in [6.07, 6.45) is 6.37. The summed E-state index contributed by atoms with van der Waals surface area (Å²) in [6.45, 7) is 0. The quantitative estimate of drug-likeness (QED) is 0.794. The first-order valence-electron chi connectivity index (χ1n) is 6.08. The minimum Gasteiger partial charge on any atom is -0.360 e. The molecule has 0 saturated heterocycles. The van der Waals surface area contributed by atoms with Crippen LogP contribution in [0.5, 0.6) is 0 Å². The van der Waals surface area contributed by atoms with Gasteiger partial charge in [0.25, 0.3) is 0 Å². The molecule has 0 bridgehead atoms. The van der Waals surface area contributed by atoms with Crippen molar-refractivity contribution in [3.8, 4) is 0 Å². The Morgan fingerprint density at radius 2 is 1.88 bits per heavy atom. The van der Waals surface area contributed by atoms with Crippen LogP contribution in [-0.2, 0) is 0 Å². The number of para-hydroxylation sites is 1. The number of benzene rings is 1. The fraction of sp³-hybridized carbons (Fsp3) is 0.462. The summed E-state index contributed by atoms with van der Waals surface area (Å²) in [5.74, 6) is 0. The van der Waals surface area contributed by atoms with Crippen molar-refractivity contribution in [3.05, 3.63) is 29.3 Å². The molecule has 0 aromatic heterocycles. The maximum atomic E-state index is 6.06. The van der Waals surface area contributed by atoms with E-state index < -0.39 is 0 Å². The van der Waals surface area contributed by atoms with Gasteiger partial charge in [-0.15, -0.1) is 0 Å². The van der Waals surface area contributed by atoms with Crippen molar-refractivity contribution < 1.29 is 0 Å². The van der Waals surface area contributed by atoms with Crippen LogP contribution in [0.1, 0.15) is 32.1 Å². The molecule has 1 aliphatic rings. The van der Waals surface area contributed by atoms with E-state index in [1.54, 1.807) is 0 Å². The van der Waals surface area contributed by atoms with E-state index >= 15 is 0 Å². The molecule has 0 spiro atoms. The lowest BCUT2D eigenvalue weighted by Crippen LogP contribution is -2.38. The van der Waals surface area contributed by atoms with Crippen molar-refractivity contribution in [2.45, 2.75) is 38.1 Å². The van der Waals surface area contributed by atoms with Crippen molar-refractivity contribution in [2.75, 3.05) is 5.32 Å². The molecule has 0 heterocycles. The molecule has 1 fully saturated rings. The third kappa shape index (κ3) is 3.86. The standard InChI is InChI=1S/C13H17ClN2S/c14-11-8-4-5-9-12(11)16-13(17)15-10-6-2-1-3-7-10/h4-5,8-10H,1-3,6-7H2,(H2,15,16,17). The van der Waals surface area contributed by atoms with Gasteiger partial charge in [0.2, 0.25) is 0 Å². The fourth-order valence-corrected chi connectivity index (χ4v) is 2.61. The first-order chi connectivity index (χ1) is 8.25. The summed E-state index contributed by atoms with van der Waals surface area (Å²) in [5, 5.41) is 7.87. The van der Waals surface area contributed by atoms with Crippen LogP contribution < -0.4 is 10.6 Å². The molecule has 1 aromatic rings. The Morgan fingerprint density at radius 1 is 1.18 bits per heavy atom. The minimum absolute atomic E-state index is 0.520. The van der Waals surface area contributed by atoms with Crippen LogP contribution in [0, 0.1) is 0 Å². The number of thiocarbonyl (C=S) groups is 1. The second-order valence-electron chi connectivity index (χ2n) is 4.41. The average molecular weight is 269 g/mol. The van der Waals surface area contributed by atoms with E-state index in [1.807, 2.05) is 24.3 Å². The van der Waals surface area contributed by atoms with Gasteiger partial charge in [0.15, 0.2) is 5.11 Å². The Bertz CT molecular complexity index is 389. The van der Waals surface area contributed by atoms with E-state index in [9.17, 15) is 0 Å². The van der Waals surface area contributed by atoms with Gasteiger partial charge in [-0.05, 0) is 37.2 Å². The molecule has 2 nitrogen and oxygen atoms in total. The summed E-state index contributed by atoms with van der Waals surface area (Å²) in [4.78, 5) is 0. The summed E-state index contributed by atoms with van der Waals surface area (Å²) in [5.41, 5.74) is 0.863. The third-order valence-corrected chi connectivity index (χ3v) is 3.61. The van der Waals surface area contributed by atoms with Gasteiger partial charge >= 0.3 is 0 Å². The van der Waals surface area contributed by atoms with Crippen LogP contribution >= 0.6 is 23.8 Å². The van der Waals surface area contributed by atoms with E-state index in [2.05, 4.69) is 10.6 Å². The lowest BCUT2D eigenvalue weighted by molar-refractivity contribution is 0.415. The van der Waals surface area contributed by atoms with Crippen LogP contribution in [0.2, 0.25) is 5.02 Å². The summed E-state index contributed by atoms with van der Waals surface area (Å²) in [6, 6.07) is 8.15. The molecule has 0 unspecified atom stereocenters. The molecule has 2 rings (SSSR count). The second-order valence-corrected chi connectivity index (χ2v) is 5.23. The normalized spacial score (nSPS) is 16.5. The van der Waals surface area contributed by atoms with Crippen molar-refractivity contribution in [1.29, 1.82) is 0 Å². The van der Waals surface area contributed by atoms with E-state index in [0.29, 0.717) is 16.2 Å². The number of halogens is 1. The molecule has 1 saturated carbocycles. The molecule has 1 aromatic carbocycles. The Labute approximate surface area is 113 Å². The number of anilines is 1. The Balaban J connectivity index is 1.86. The second kappa shape index (κ2) is 6.22. The predicted octanol–water partition coefficient (Wildman–Crippen LogP) is 3.96. The highest BCUT2D eigenvalue weighted by Gasteiger charge is 2.14. The first kappa shape index (κ1) is 12.7. The summed E-state index contributed by atoms with van der Waals surface area (Å²) in [7, 11) is 0. The van der Waals surface area contributed by atoms with E-state index in [4.69, 9.17) is 23.8 Å².